The van der Waals surface area contributed by atoms with E-state index in [2.05, 4.69) is 5.32 Å². The summed E-state index contributed by atoms with van der Waals surface area (Å²) in [5, 5.41) is 3.24. The first-order valence-corrected chi connectivity index (χ1v) is 9.59. The third kappa shape index (κ3) is 3.76. The zero-order chi connectivity index (χ0) is 17.1. The Labute approximate surface area is 149 Å². The number of urea groups is 1. The fourth-order valence-electron chi connectivity index (χ4n) is 4.48. The van der Waals surface area contributed by atoms with Crippen LogP contribution in [0.1, 0.15) is 38.5 Å². The second kappa shape index (κ2) is 7.24. The minimum Gasteiger partial charge on any atom is -0.488 e. The molecule has 1 N–H and O–H groups in total. The van der Waals surface area contributed by atoms with Gasteiger partial charge in [-0.2, -0.15) is 0 Å². The van der Waals surface area contributed by atoms with E-state index in [1.54, 1.807) is 0 Å². The van der Waals surface area contributed by atoms with Gasteiger partial charge >= 0.3 is 6.03 Å². The normalized spacial score (nSPS) is 28.2. The number of hydrogen-bond donors (Lipinski definition) is 1. The highest BCUT2D eigenvalue weighted by Gasteiger charge is 2.42. The van der Waals surface area contributed by atoms with Gasteiger partial charge in [-0.3, -0.25) is 0 Å². The summed E-state index contributed by atoms with van der Waals surface area (Å²) in [4.78, 5) is 14.8. The fraction of sp³-hybridized carbons (Fsp3) is 0.650. The molecule has 2 amide bonds. The average molecular weight is 344 g/mol. The maximum atomic E-state index is 12.8. The number of nitrogens with one attached hydrogen (secondary N) is 1. The van der Waals surface area contributed by atoms with Crippen molar-refractivity contribution in [1.29, 1.82) is 0 Å². The topological polar surface area (TPSA) is 50.8 Å². The average Bonchev–Trinajstić information content (AvgIpc) is 3.24. The van der Waals surface area contributed by atoms with Crippen LogP contribution in [0.15, 0.2) is 30.3 Å². The smallest absolute Gasteiger partial charge is 0.317 e. The molecule has 4 rings (SSSR count). The van der Waals surface area contributed by atoms with Gasteiger partial charge < -0.3 is 19.7 Å². The molecule has 2 atom stereocenters. The third-order valence-electron chi connectivity index (χ3n) is 6.07. The molecule has 0 aromatic heterocycles. The van der Waals surface area contributed by atoms with Gasteiger partial charge in [0.2, 0.25) is 0 Å². The lowest BCUT2D eigenvalue weighted by molar-refractivity contribution is 0.0207. The van der Waals surface area contributed by atoms with E-state index >= 15 is 0 Å². The van der Waals surface area contributed by atoms with Crippen LogP contribution < -0.4 is 10.1 Å². The Kier molecular flexibility index (Phi) is 4.84. The van der Waals surface area contributed by atoms with Gasteiger partial charge in [0.05, 0.1) is 6.04 Å². The number of rotatable bonds is 3. The summed E-state index contributed by atoms with van der Waals surface area (Å²) in [6.45, 7) is 3.41. The van der Waals surface area contributed by atoms with Crippen molar-refractivity contribution < 1.29 is 14.3 Å². The predicted octanol–water partition coefficient (Wildman–Crippen LogP) is 3.20. The van der Waals surface area contributed by atoms with Gasteiger partial charge in [-0.05, 0) is 56.1 Å². The first-order chi connectivity index (χ1) is 12.2. The van der Waals surface area contributed by atoms with Crippen LogP contribution in [-0.4, -0.2) is 49.4 Å². The second-order valence-corrected chi connectivity index (χ2v) is 7.74. The molecule has 2 saturated heterocycles. The van der Waals surface area contributed by atoms with Gasteiger partial charge in [0.25, 0.3) is 0 Å². The van der Waals surface area contributed by atoms with Crippen molar-refractivity contribution in [3.05, 3.63) is 30.3 Å². The Bertz CT molecular complexity index is 586. The molecule has 136 valence electrons. The van der Waals surface area contributed by atoms with Crippen LogP contribution in [-0.2, 0) is 4.74 Å². The number of nitrogens with zero attached hydrogens (tertiary/aromatic N) is 1. The Morgan fingerprint density at radius 3 is 2.76 bits per heavy atom. The van der Waals surface area contributed by atoms with Crippen molar-refractivity contribution in [2.75, 3.05) is 26.3 Å². The molecule has 5 nitrogen and oxygen atoms in total. The van der Waals surface area contributed by atoms with E-state index in [0.717, 1.165) is 70.6 Å². The Hall–Kier alpha value is -1.75. The number of amides is 2. The molecule has 2 aliphatic heterocycles. The highest BCUT2D eigenvalue weighted by Crippen LogP contribution is 2.39. The Morgan fingerprint density at radius 1 is 1.16 bits per heavy atom. The van der Waals surface area contributed by atoms with Crippen molar-refractivity contribution in [2.24, 2.45) is 5.41 Å². The summed E-state index contributed by atoms with van der Waals surface area (Å²) in [6, 6.07) is 10.1. The van der Waals surface area contributed by atoms with Crippen molar-refractivity contribution in [3.63, 3.8) is 0 Å². The highest BCUT2D eigenvalue weighted by molar-refractivity contribution is 5.75. The lowest BCUT2D eigenvalue weighted by Crippen LogP contribution is -2.48. The molecule has 1 aliphatic carbocycles. The standard InChI is InChI=1S/C20H28N2O3/c23-19(22-12-9-20(15-22)10-13-24-14-11-20)21-17-7-4-8-18(17)25-16-5-2-1-3-6-16/h1-3,5-6,17-18H,4,7-15H2,(H,21,23). The number of carbonyl (C=O) groups excluding carboxylic acids is 1. The number of para-hydroxylation sites is 1. The zero-order valence-corrected chi connectivity index (χ0v) is 14.8. The lowest BCUT2D eigenvalue weighted by Gasteiger charge is -2.33. The molecular formula is C20H28N2O3. The van der Waals surface area contributed by atoms with Crippen LogP contribution in [0.4, 0.5) is 4.79 Å². The van der Waals surface area contributed by atoms with Gasteiger partial charge in [-0.1, -0.05) is 18.2 Å². The van der Waals surface area contributed by atoms with E-state index < -0.39 is 0 Å². The van der Waals surface area contributed by atoms with Crippen LogP contribution in [0.5, 0.6) is 5.75 Å². The zero-order valence-electron chi connectivity index (χ0n) is 14.8. The minimum absolute atomic E-state index is 0.0750. The molecule has 1 saturated carbocycles. The largest absolute Gasteiger partial charge is 0.488 e. The van der Waals surface area contributed by atoms with E-state index in [9.17, 15) is 4.79 Å². The number of benzene rings is 1. The summed E-state index contributed by atoms with van der Waals surface area (Å²) >= 11 is 0. The van der Waals surface area contributed by atoms with Crippen LogP contribution in [0.3, 0.4) is 0 Å². The van der Waals surface area contributed by atoms with Gasteiger partial charge in [0, 0.05) is 26.3 Å². The van der Waals surface area contributed by atoms with E-state index in [0.29, 0.717) is 5.41 Å². The summed E-state index contributed by atoms with van der Waals surface area (Å²) < 4.78 is 11.6. The molecule has 2 heterocycles. The fourth-order valence-corrected chi connectivity index (χ4v) is 4.48. The summed E-state index contributed by atoms with van der Waals surface area (Å²) in [5.74, 6) is 0.885. The number of hydrogen-bond acceptors (Lipinski definition) is 3. The van der Waals surface area contributed by atoms with E-state index in [1.807, 2.05) is 35.2 Å². The molecule has 5 heteroatoms. The molecule has 3 aliphatic rings. The van der Waals surface area contributed by atoms with Crippen molar-refractivity contribution in [3.8, 4) is 5.75 Å². The SMILES string of the molecule is O=C(NC1CCCC1Oc1ccccc1)N1CCC2(CCOCC2)C1. The van der Waals surface area contributed by atoms with Crippen molar-refractivity contribution in [2.45, 2.75) is 50.7 Å². The minimum atomic E-state index is 0.0750. The molecule has 1 aromatic rings. The third-order valence-corrected chi connectivity index (χ3v) is 6.07. The molecule has 2 unspecified atom stereocenters. The molecule has 1 aromatic carbocycles. The maximum Gasteiger partial charge on any atom is 0.317 e. The summed E-state index contributed by atoms with van der Waals surface area (Å²) in [7, 11) is 0. The molecule has 3 fully saturated rings. The molecule has 0 radical (unpaired) electrons. The van der Waals surface area contributed by atoms with Gasteiger partial charge in [-0.25, -0.2) is 4.79 Å². The summed E-state index contributed by atoms with van der Waals surface area (Å²) in [6.07, 6.45) is 6.45. The van der Waals surface area contributed by atoms with Gasteiger partial charge in [0.15, 0.2) is 0 Å². The lowest BCUT2D eigenvalue weighted by atomic mass is 9.80. The first-order valence-electron chi connectivity index (χ1n) is 9.59. The van der Waals surface area contributed by atoms with Crippen molar-refractivity contribution in [1.82, 2.24) is 10.2 Å². The maximum absolute atomic E-state index is 12.8. The molecule has 1 spiro atoms. The highest BCUT2D eigenvalue weighted by atomic mass is 16.5. The van der Waals surface area contributed by atoms with Crippen LogP contribution in [0, 0.1) is 5.41 Å². The van der Waals surface area contributed by atoms with Gasteiger partial charge in [0.1, 0.15) is 11.9 Å². The Morgan fingerprint density at radius 2 is 1.96 bits per heavy atom. The first kappa shape index (κ1) is 16.7. The monoisotopic (exact) mass is 344 g/mol. The van der Waals surface area contributed by atoms with Crippen molar-refractivity contribution >= 4 is 6.03 Å². The molecule has 0 bridgehead atoms. The Balaban J connectivity index is 1.32. The molecule has 25 heavy (non-hydrogen) atoms. The quantitative estimate of drug-likeness (QED) is 0.916. The van der Waals surface area contributed by atoms with E-state index in [1.165, 1.54) is 0 Å². The number of ether oxygens (including phenoxy) is 2. The molecular weight excluding hydrogens is 316 g/mol. The summed E-state index contributed by atoms with van der Waals surface area (Å²) in [5.41, 5.74) is 0.297. The van der Waals surface area contributed by atoms with Crippen LogP contribution >= 0.6 is 0 Å². The predicted molar refractivity (Wildman–Crippen MR) is 95.7 cm³/mol. The van der Waals surface area contributed by atoms with Crippen LogP contribution in [0.2, 0.25) is 0 Å². The number of likely N-dealkylation sites (tertiary alicyclic amines) is 1. The van der Waals surface area contributed by atoms with E-state index in [4.69, 9.17) is 9.47 Å². The van der Waals surface area contributed by atoms with E-state index in [-0.39, 0.29) is 18.2 Å². The second-order valence-electron chi connectivity index (χ2n) is 7.74. The number of carbonyl (C=O) groups is 1. The van der Waals surface area contributed by atoms with Gasteiger partial charge in [-0.15, -0.1) is 0 Å². The van der Waals surface area contributed by atoms with Crippen LogP contribution in [0.25, 0.3) is 0 Å².